The van der Waals surface area contributed by atoms with Crippen molar-refractivity contribution in [1.82, 2.24) is 9.88 Å². The van der Waals surface area contributed by atoms with Crippen LogP contribution in [0, 0.1) is 5.92 Å². The number of nitrogens with two attached hydrogens (primary N) is 1. The highest BCUT2D eigenvalue weighted by Crippen LogP contribution is 2.30. The molecule has 5 nitrogen and oxygen atoms in total. The van der Waals surface area contributed by atoms with Gasteiger partial charge in [0.15, 0.2) is 0 Å². The number of hydrogen-bond acceptors (Lipinski definition) is 4. The molecule has 1 aliphatic rings. The summed E-state index contributed by atoms with van der Waals surface area (Å²) in [5, 5.41) is 0. The molecule has 1 aromatic heterocycles. The smallest absolute Gasteiger partial charge is 0.272 e. The van der Waals surface area contributed by atoms with Crippen LogP contribution in [0.4, 0.5) is 5.69 Å². The number of anilines is 1. The number of nitrogen functional groups attached to an aromatic ring is 1. The lowest BCUT2D eigenvalue weighted by atomic mass is 10.2. The van der Waals surface area contributed by atoms with Crippen LogP contribution in [0.3, 0.4) is 0 Å². The first-order chi connectivity index (χ1) is 8.74. The second-order valence-electron chi connectivity index (χ2n) is 4.77. The molecule has 0 saturated heterocycles. The fraction of sp³-hybridized carbons (Fsp3) is 0.538. The molecule has 0 radical (unpaired) electrons. The maximum atomic E-state index is 12.4. The molecule has 0 atom stereocenters. The van der Waals surface area contributed by atoms with Crippen LogP contribution in [0.2, 0.25) is 0 Å². The Hall–Kier alpha value is -1.62. The predicted molar refractivity (Wildman–Crippen MR) is 71.0 cm³/mol. The third-order valence-corrected chi connectivity index (χ3v) is 3.10. The van der Waals surface area contributed by atoms with Crippen LogP contribution in [0.1, 0.15) is 36.7 Å². The molecule has 1 aliphatic carbocycles. The highest BCUT2D eigenvalue weighted by molar-refractivity contribution is 5.93. The topological polar surface area (TPSA) is 71.2 Å². The van der Waals surface area contributed by atoms with Crippen molar-refractivity contribution in [2.45, 2.75) is 26.2 Å². The quantitative estimate of drug-likeness (QED) is 0.593. The van der Waals surface area contributed by atoms with E-state index in [1.54, 1.807) is 18.3 Å². The predicted octanol–water partition coefficient (Wildman–Crippen LogP) is 1.63. The zero-order valence-electron chi connectivity index (χ0n) is 10.7. The van der Waals surface area contributed by atoms with Gasteiger partial charge in [-0.05, 0) is 37.3 Å². The monoisotopic (exact) mass is 248 g/mol. The minimum atomic E-state index is 0.000787. The molecule has 0 aliphatic heterocycles. The van der Waals surface area contributed by atoms with E-state index in [4.69, 9.17) is 5.84 Å². The van der Waals surface area contributed by atoms with Crippen molar-refractivity contribution in [2.75, 3.05) is 18.5 Å². The Kier molecular flexibility index (Phi) is 4.15. The number of pyridine rings is 1. The average Bonchev–Trinajstić information content (AvgIpc) is 3.21. The molecule has 3 N–H and O–H groups in total. The molecule has 1 saturated carbocycles. The first-order valence-electron chi connectivity index (χ1n) is 6.46. The van der Waals surface area contributed by atoms with E-state index in [-0.39, 0.29) is 5.91 Å². The molecule has 0 unspecified atom stereocenters. The van der Waals surface area contributed by atoms with E-state index in [1.165, 1.54) is 12.8 Å². The summed E-state index contributed by atoms with van der Waals surface area (Å²) in [6, 6.07) is 3.43. The van der Waals surface area contributed by atoms with Gasteiger partial charge < -0.3 is 10.3 Å². The summed E-state index contributed by atoms with van der Waals surface area (Å²) in [6.45, 7) is 3.73. The van der Waals surface area contributed by atoms with E-state index in [1.807, 2.05) is 4.90 Å². The molecule has 18 heavy (non-hydrogen) atoms. The van der Waals surface area contributed by atoms with Gasteiger partial charge in [0, 0.05) is 19.3 Å². The van der Waals surface area contributed by atoms with Crippen LogP contribution in [-0.2, 0) is 0 Å². The summed E-state index contributed by atoms with van der Waals surface area (Å²) >= 11 is 0. The molecule has 0 bridgehead atoms. The van der Waals surface area contributed by atoms with Crippen LogP contribution < -0.4 is 11.3 Å². The number of nitrogens with zero attached hydrogens (tertiary/aromatic N) is 2. The molecular weight excluding hydrogens is 228 g/mol. The van der Waals surface area contributed by atoms with Crippen molar-refractivity contribution in [3.05, 3.63) is 24.0 Å². The number of amides is 1. The number of aromatic nitrogens is 1. The van der Waals surface area contributed by atoms with E-state index in [0.717, 1.165) is 19.5 Å². The van der Waals surface area contributed by atoms with Crippen LogP contribution >= 0.6 is 0 Å². The lowest BCUT2D eigenvalue weighted by Crippen LogP contribution is -2.34. The van der Waals surface area contributed by atoms with E-state index in [9.17, 15) is 4.79 Å². The van der Waals surface area contributed by atoms with Crippen LogP contribution in [0.5, 0.6) is 0 Å². The zero-order chi connectivity index (χ0) is 13.0. The van der Waals surface area contributed by atoms with Gasteiger partial charge in [-0.15, -0.1) is 0 Å². The Morgan fingerprint density at radius 2 is 2.39 bits per heavy atom. The first-order valence-corrected chi connectivity index (χ1v) is 6.46. The minimum absolute atomic E-state index is 0.000787. The van der Waals surface area contributed by atoms with Gasteiger partial charge in [0.25, 0.3) is 5.91 Å². The van der Waals surface area contributed by atoms with Crippen molar-refractivity contribution in [2.24, 2.45) is 11.8 Å². The number of rotatable bonds is 6. The Morgan fingerprint density at radius 1 is 1.61 bits per heavy atom. The highest BCUT2D eigenvalue weighted by Gasteiger charge is 2.27. The Bertz CT molecular complexity index is 417. The highest BCUT2D eigenvalue weighted by atomic mass is 16.2. The van der Waals surface area contributed by atoms with Gasteiger partial charge in [0.2, 0.25) is 0 Å². The standard InChI is InChI=1S/C13H20N4O/c1-2-7-17(9-10-3-4-10)13(18)12-8-11(16-14)5-6-15-12/h5-6,8,10H,2-4,7,9,14H2,1H3,(H,15,16). The van der Waals surface area contributed by atoms with Crippen molar-refractivity contribution in [1.29, 1.82) is 0 Å². The Labute approximate surface area is 107 Å². The molecule has 5 heteroatoms. The van der Waals surface area contributed by atoms with Crippen molar-refractivity contribution >= 4 is 11.6 Å². The van der Waals surface area contributed by atoms with Crippen molar-refractivity contribution in [3.63, 3.8) is 0 Å². The molecule has 1 aromatic rings. The Morgan fingerprint density at radius 3 is 3.00 bits per heavy atom. The third kappa shape index (κ3) is 3.20. The fourth-order valence-corrected chi connectivity index (χ4v) is 1.96. The molecule has 1 heterocycles. The second kappa shape index (κ2) is 5.82. The van der Waals surface area contributed by atoms with Gasteiger partial charge in [0.05, 0.1) is 5.69 Å². The molecular formula is C13H20N4O. The second-order valence-corrected chi connectivity index (χ2v) is 4.77. The number of hydrogen-bond donors (Lipinski definition) is 2. The summed E-state index contributed by atoms with van der Waals surface area (Å²) in [5.41, 5.74) is 3.70. The SMILES string of the molecule is CCCN(CC1CC1)C(=O)c1cc(NN)ccn1. The van der Waals surface area contributed by atoms with Crippen LogP contribution in [0.15, 0.2) is 18.3 Å². The van der Waals surface area contributed by atoms with Gasteiger partial charge in [-0.1, -0.05) is 6.92 Å². The lowest BCUT2D eigenvalue weighted by Gasteiger charge is -2.21. The maximum absolute atomic E-state index is 12.4. The third-order valence-electron chi connectivity index (χ3n) is 3.10. The van der Waals surface area contributed by atoms with Gasteiger partial charge in [0.1, 0.15) is 5.69 Å². The molecule has 0 aromatic carbocycles. The maximum Gasteiger partial charge on any atom is 0.272 e. The summed E-state index contributed by atoms with van der Waals surface area (Å²) < 4.78 is 0. The van der Waals surface area contributed by atoms with Gasteiger partial charge in [-0.2, -0.15) is 0 Å². The first kappa shape index (κ1) is 12.8. The zero-order valence-corrected chi connectivity index (χ0v) is 10.7. The molecule has 1 fully saturated rings. The number of hydrazine groups is 1. The largest absolute Gasteiger partial charge is 0.337 e. The van der Waals surface area contributed by atoms with Gasteiger partial charge in [-0.25, -0.2) is 0 Å². The van der Waals surface area contributed by atoms with E-state index in [0.29, 0.717) is 17.3 Å². The molecule has 2 rings (SSSR count). The minimum Gasteiger partial charge on any atom is -0.337 e. The van der Waals surface area contributed by atoms with Crippen LogP contribution in [0.25, 0.3) is 0 Å². The van der Waals surface area contributed by atoms with Crippen LogP contribution in [-0.4, -0.2) is 28.9 Å². The van der Waals surface area contributed by atoms with E-state index < -0.39 is 0 Å². The lowest BCUT2D eigenvalue weighted by molar-refractivity contribution is 0.0742. The summed E-state index contributed by atoms with van der Waals surface area (Å²) in [7, 11) is 0. The normalized spacial score (nSPS) is 14.3. The van der Waals surface area contributed by atoms with E-state index in [2.05, 4.69) is 17.3 Å². The average molecular weight is 248 g/mol. The molecule has 98 valence electrons. The summed E-state index contributed by atoms with van der Waals surface area (Å²) in [5.74, 6) is 6.03. The summed E-state index contributed by atoms with van der Waals surface area (Å²) in [6.07, 6.45) is 5.05. The number of carbonyl (C=O) groups excluding carboxylic acids is 1. The Balaban J connectivity index is 2.09. The van der Waals surface area contributed by atoms with Gasteiger partial charge in [-0.3, -0.25) is 15.6 Å². The number of nitrogens with one attached hydrogen (secondary N) is 1. The fourth-order valence-electron chi connectivity index (χ4n) is 1.96. The van der Waals surface area contributed by atoms with Gasteiger partial charge >= 0.3 is 0 Å². The molecule has 1 amide bonds. The molecule has 0 spiro atoms. The van der Waals surface area contributed by atoms with Crippen molar-refractivity contribution < 1.29 is 4.79 Å². The van der Waals surface area contributed by atoms with Crippen molar-refractivity contribution in [3.8, 4) is 0 Å². The van der Waals surface area contributed by atoms with E-state index >= 15 is 0 Å². The number of carbonyl (C=O) groups is 1. The summed E-state index contributed by atoms with van der Waals surface area (Å²) in [4.78, 5) is 18.4.